The predicted octanol–water partition coefficient (Wildman–Crippen LogP) is -1.03. The Bertz CT molecular complexity index is 463. The number of carboxylic acids is 1. The number of urea groups is 1. The molecular weight excluding hydrogens is 266 g/mol. The molecule has 4 N–H and O–H groups in total. The number of carboxylic acid groups (broad SMARTS) is 1. The molecule has 9 heteroatoms. The number of β-amino-alcohol motifs (C(OH)–C–C–N with tert-alkyl or cyclic N) is 1. The summed E-state index contributed by atoms with van der Waals surface area (Å²) >= 11 is 0. The molecule has 1 aliphatic rings. The van der Waals surface area contributed by atoms with Crippen molar-refractivity contribution in [1.29, 1.82) is 0 Å². The van der Waals surface area contributed by atoms with Crippen molar-refractivity contribution in [1.82, 2.24) is 25.4 Å². The second-order valence-electron chi connectivity index (χ2n) is 4.66. The van der Waals surface area contributed by atoms with Crippen molar-refractivity contribution in [2.45, 2.75) is 31.4 Å². The van der Waals surface area contributed by atoms with Gasteiger partial charge in [0, 0.05) is 25.9 Å². The number of aromatic amines is 1. The number of carbonyl (C=O) groups is 2. The van der Waals surface area contributed by atoms with E-state index in [2.05, 4.69) is 20.5 Å². The monoisotopic (exact) mass is 283 g/mol. The zero-order valence-corrected chi connectivity index (χ0v) is 10.8. The number of hydrogen-bond acceptors (Lipinski definition) is 5. The summed E-state index contributed by atoms with van der Waals surface area (Å²) in [6.07, 6.45) is 2.01. The number of aryl methyl sites for hydroxylation is 1. The Kier molecular flexibility index (Phi) is 4.51. The largest absolute Gasteiger partial charge is 0.480 e. The quantitative estimate of drug-likeness (QED) is 0.511. The van der Waals surface area contributed by atoms with E-state index in [4.69, 9.17) is 5.11 Å². The van der Waals surface area contributed by atoms with E-state index in [1.165, 1.54) is 6.33 Å². The van der Waals surface area contributed by atoms with E-state index in [0.717, 1.165) is 10.7 Å². The molecule has 1 aromatic rings. The molecule has 2 atom stereocenters. The third-order valence-electron chi connectivity index (χ3n) is 3.16. The van der Waals surface area contributed by atoms with Gasteiger partial charge in [0.1, 0.15) is 18.2 Å². The number of rotatable bonds is 5. The van der Waals surface area contributed by atoms with E-state index < -0.39 is 24.1 Å². The van der Waals surface area contributed by atoms with Gasteiger partial charge < -0.3 is 20.4 Å². The number of nitrogens with one attached hydrogen (secondary N) is 2. The van der Waals surface area contributed by atoms with Gasteiger partial charge in [0.25, 0.3) is 0 Å². The molecule has 1 aliphatic heterocycles. The summed E-state index contributed by atoms with van der Waals surface area (Å²) < 4.78 is 0. The van der Waals surface area contributed by atoms with E-state index in [1.807, 2.05) is 0 Å². The highest BCUT2D eigenvalue weighted by Gasteiger charge is 2.38. The number of amides is 2. The molecule has 110 valence electrons. The van der Waals surface area contributed by atoms with E-state index in [-0.39, 0.29) is 13.0 Å². The zero-order chi connectivity index (χ0) is 14.5. The normalized spacial score (nSPS) is 21.9. The first-order valence-corrected chi connectivity index (χ1v) is 6.37. The maximum absolute atomic E-state index is 11.9. The van der Waals surface area contributed by atoms with Gasteiger partial charge in [0.05, 0.1) is 6.10 Å². The highest BCUT2D eigenvalue weighted by atomic mass is 16.4. The topological polar surface area (TPSA) is 131 Å². The van der Waals surface area contributed by atoms with Crippen LogP contribution in [0, 0.1) is 0 Å². The van der Waals surface area contributed by atoms with Crippen molar-refractivity contribution >= 4 is 12.0 Å². The van der Waals surface area contributed by atoms with Crippen LogP contribution in [0.25, 0.3) is 0 Å². The molecule has 1 fully saturated rings. The lowest BCUT2D eigenvalue weighted by Gasteiger charge is -2.21. The van der Waals surface area contributed by atoms with Crippen molar-refractivity contribution < 1.29 is 19.8 Å². The zero-order valence-electron chi connectivity index (χ0n) is 10.8. The van der Waals surface area contributed by atoms with Crippen LogP contribution >= 0.6 is 0 Å². The Morgan fingerprint density at radius 1 is 1.55 bits per heavy atom. The third-order valence-corrected chi connectivity index (χ3v) is 3.16. The van der Waals surface area contributed by atoms with Gasteiger partial charge in [-0.2, -0.15) is 5.10 Å². The summed E-state index contributed by atoms with van der Waals surface area (Å²) in [4.78, 5) is 28.0. The highest BCUT2D eigenvalue weighted by Crippen LogP contribution is 2.17. The van der Waals surface area contributed by atoms with Gasteiger partial charge in [0.2, 0.25) is 0 Å². The van der Waals surface area contributed by atoms with E-state index in [1.54, 1.807) is 0 Å². The molecule has 2 amide bonds. The van der Waals surface area contributed by atoms with Gasteiger partial charge in [-0.25, -0.2) is 14.6 Å². The van der Waals surface area contributed by atoms with Crippen LogP contribution in [0.2, 0.25) is 0 Å². The fourth-order valence-electron chi connectivity index (χ4n) is 2.18. The minimum atomic E-state index is -1.10. The number of H-pyrrole nitrogens is 1. The molecule has 2 rings (SSSR count). The van der Waals surface area contributed by atoms with Crippen LogP contribution in [-0.2, 0) is 11.2 Å². The van der Waals surface area contributed by atoms with Crippen LogP contribution < -0.4 is 5.32 Å². The molecule has 0 spiro atoms. The van der Waals surface area contributed by atoms with Crippen molar-refractivity contribution in [3.8, 4) is 0 Å². The SMILES string of the molecule is O=C(O)[C@@H]1C[C@H](O)CN1C(=O)NCCCc1ncn[nH]1. The second-order valence-corrected chi connectivity index (χ2v) is 4.66. The first-order valence-electron chi connectivity index (χ1n) is 6.37. The second kappa shape index (κ2) is 6.33. The van der Waals surface area contributed by atoms with Crippen LogP contribution in [0.15, 0.2) is 6.33 Å². The van der Waals surface area contributed by atoms with Gasteiger partial charge >= 0.3 is 12.0 Å². The highest BCUT2D eigenvalue weighted by molar-refractivity contribution is 5.83. The summed E-state index contributed by atoms with van der Waals surface area (Å²) in [6.45, 7) is 0.448. The Hall–Kier alpha value is -2.16. The fourth-order valence-corrected chi connectivity index (χ4v) is 2.18. The summed E-state index contributed by atoms with van der Waals surface area (Å²) in [5.74, 6) is -0.363. The number of aliphatic hydroxyl groups is 1. The van der Waals surface area contributed by atoms with Crippen molar-refractivity contribution in [2.24, 2.45) is 0 Å². The van der Waals surface area contributed by atoms with Crippen molar-refractivity contribution in [3.05, 3.63) is 12.2 Å². The van der Waals surface area contributed by atoms with Crippen LogP contribution in [0.5, 0.6) is 0 Å². The number of aliphatic hydroxyl groups excluding tert-OH is 1. The minimum Gasteiger partial charge on any atom is -0.480 e. The predicted molar refractivity (Wildman–Crippen MR) is 66.9 cm³/mol. The number of carbonyl (C=O) groups excluding carboxylic acids is 1. The molecule has 20 heavy (non-hydrogen) atoms. The third kappa shape index (κ3) is 3.44. The maximum atomic E-state index is 11.9. The van der Waals surface area contributed by atoms with Crippen LogP contribution in [0.3, 0.4) is 0 Å². The molecule has 0 radical (unpaired) electrons. The average Bonchev–Trinajstić information content (AvgIpc) is 3.03. The molecule has 0 saturated carbocycles. The number of likely N-dealkylation sites (tertiary alicyclic amines) is 1. The molecular formula is C11H17N5O4. The Balaban J connectivity index is 1.75. The van der Waals surface area contributed by atoms with Crippen molar-refractivity contribution in [3.63, 3.8) is 0 Å². The van der Waals surface area contributed by atoms with Gasteiger partial charge in [-0.15, -0.1) is 0 Å². The molecule has 0 unspecified atom stereocenters. The molecule has 1 aromatic heterocycles. The number of hydrogen-bond donors (Lipinski definition) is 4. The Morgan fingerprint density at radius 2 is 2.35 bits per heavy atom. The van der Waals surface area contributed by atoms with Gasteiger partial charge in [0.15, 0.2) is 0 Å². The first-order chi connectivity index (χ1) is 9.58. The lowest BCUT2D eigenvalue weighted by Crippen LogP contribution is -2.46. The average molecular weight is 283 g/mol. The summed E-state index contributed by atoms with van der Waals surface area (Å²) in [5.41, 5.74) is 0. The Morgan fingerprint density at radius 3 is 3.00 bits per heavy atom. The molecule has 1 saturated heterocycles. The molecule has 2 heterocycles. The Labute approximate surface area is 115 Å². The van der Waals surface area contributed by atoms with E-state index in [9.17, 15) is 14.7 Å². The number of aliphatic carboxylic acids is 1. The van der Waals surface area contributed by atoms with Crippen LogP contribution in [0.4, 0.5) is 4.79 Å². The maximum Gasteiger partial charge on any atom is 0.326 e. The minimum absolute atomic E-state index is 0.0465. The van der Waals surface area contributed by atoms with Gasteiger partial charge in [-0.1, -0.05) is 0 Å². The summed E-state index contributed by atoms with van der Waals surface area (Å²) in [6, 6.07) is -1.43. The fraction of sp³-hybridized carbons (Fsp3) is 0.636. The van der Waals surface area contributed by atoms with Crippen molar-refractivity contribution in [2.75, 3.05) is 13.1 Å². The summed E-state index contributed by atoms with van der Waals surface area (Å²) in [5, 5.41) is 27.5. The van der Waals surface area contributed by atoms with Gasteiger partial charge in [-0.3, -0.25) is 5.10 Å². The van der Waals surface area contributed by atoms with Gasteiger partial charge in [-0.05, 0) is 6.42 Å². The standard InChI is InChI=1S/C11H17N5O4/c17-7-4-8(10(18)19)16(5-7)11(20)12-3-1-2-9-13-6-14-15-9/h6-8,17H,1-5H2,(H,12,20)(H,18,19)(H,13,14,15)/t7-,8-/m0/s1. The first kappa shape index (κ1) is 14.3. The van der Waals surface area contributed by atoms with Crippen LogP contribution in [-0.4, -0.2) is 67.5 Å². The smallest absolute Gasteiger partial charge is 0.326 e. The van der Waals surface area contributed by atoms with E-state index in [0.29, 0.717) is 19.4 Å². The van der Waals surface area contributed by atoms with E-state index >= 15 is 0 Å². The molecule has 0 aromatic carbocycles. The number of aromatic nitrogens is 3. The molecule has 9 nitrogen and oxygen atoms in total. The summed E-state index contributed by atoms with van der Waals surface area (Å²) in [7, 11) is 0. The molecule has 0 aliphatic carbocycles. The molecule has 0 bridgehead atoms. The van der Waals surface area contributed by atoms with Crippen LogP contribution in [0.1, 0.15) is 18.7 Å². The number of nitrogens with zero attached hydrogens (tertiary/aromatic N) is 3. The lowest BCUT2D eigenvalue weighted by atomic mass is 10.2. The lowest BCUT2D eigenvalue weighted by molar-refractivity contribution is -0.141.